The van der Waals surface area contributed by atoms with Gasteiger partial charge in [-0.1, -0.05) is 0 Å². The van der Waals surface area contributed by atoms with Crippen molar-refractivity contribution >= 4 is 17.8 Å². The van der Waals surface area contributed by atoms with Crippen LogP contribution in [0.5, 0.6) is 0 Å². The molecule has 0 radical (unpaired) electrons. The summed E-state index contributed by atoms with van der Waals surface area (Å²) in [5.41, 5.74) is -1.03. The molecule has 1 spiro atoms. The Morgan fingerprint density at radius 2 is 2.12 bits per heavy atom. The number of esters is 1. The fourth-order valence-corrected chi connectivity index (χ4v) is 4.82. The summed E-state index contributed by atoms with van der Waals surface area (Å²) >= 11 is 0. The molecule has 3 aliphatic rings. The molecule has 0 aliphatic carbocycles. The van der Waals surface area contributed by atoms with Crippen LogP contribution in [0, 0.1) is 11.8 Å². The third-order valence-corrected chi connectivity index (χ3v) is 5.72. The quantitative estimate of drug-likeness (QED) is 0.631. The maximum absolute atomic E-state index is 13.2. The number of fused-ring (bicyclic) bond motifs is 1. The molecular weight excluding hydrogens is 340 g/mol. The topological polar surface area (TPSA) is 105 Å². The lowest BCUT2D eigenvalue weighted by molar-refractivity contribution is -0.155. The average molecular weight is 368 g/mol. The van der Waals surface area contributed by atoms with Crippen LogP contribution in [0.3, 0.4) is 0 Å². The van der Waals surface area contributed by atoms with E-state index in [1.54, 1.807) is 13.8 Å². The standard InChI is InChI=1S/C18H28N2O6/c1-5-25-17(24)12-11-6-7-18(26-11)13(12)16(23)20(10(4)8-21)14(18)15(22)19-9(2)3/h9-14,21H,5-8H2,1-4H3,(H,19,22)/t10-,11-,12+,13+,14-,18+/m1/s1. The molecular formula is C18H28N2O6. The van der Waals surface area contributed by atoms with E-state index in [0.717, 1.165) is 0 Å². The molecule has 26 heavy (non-hydrogen) atoms. The first-order valence-electron chi connectivity index (χ1n) is 9.36. The number of hydrogen-bond acceptors (Lipinski definition) is 6. The van der Waals surface area contributed by atoms with Crippen LogP contribution < -0.4 is 5.32 Å². The molecule has 2 amide bonds. The second kappa shape index (κ2) is 6.81. The summed E-state index contributed by atoms with van der Waals surface area (Å²) < 4.78 is 11.3. The third kappa shape index (κ3) is 2.62. The van der Waals surface area contributed by atoms with E-state index in [1.807, 2.05) is 13.8 Å². The molecule has 0 aromatic carbocycles. The maximum Gasteiger partial charge on any atom is 0.312 e. The molecule has 0 saturated carbocycles. The number of hydrogen-bond donors (Lipinski definition) is 2. The molecule has 2 N–H and O–H groups in total. The second-order valence-corrected chi connectivity index (χ2v) is 7.75. The van der Waals surface area contributed by atoms with Gasteiger partial charge < -0.3 is 24.8 Å². The lowest BCUT2D eigenvalue weighted by atomic mass is 9.70. The van der Waals surface area contributed by atoms with Gasteiger partial charge in [0.15, 0.2) is 0 Å². The van der Waals surface area contributed by atoms with Crippen LogP contribution in [0.15, 0.2) is 0 Å². The number of likely N-dealkylation sites (tertiary alicyclic amines) is 1. The zero-order valence-corrected chi connectivity index (χ0v) is 15.7. The molecule has 8 nitrogen and oxygen atoms in total. The predicted octanol–water partition coefficient (Wildman–Crippen LogP) is -0.170. The van der Waals surface area contributed by atoms with Crippen LogP contribution >= 0.6 is 0 Å². The number of carbonyl (C=O) groups is 3. The van der Waals surface area contributed by atoms with E-state index < -0.39 is 41.6 Å². The van der Waals surface area contributed by atoms with Gasteiger partial charge in [0, 0.05) is 6.04 Å². The lowest BCUT2D eigenvalue weighted by Gasteiger charge is -2.35. The van der Waals surface area contributed by atoms with Gasteiger partial charge >= 0.3 is 5.97 Å². The predicted molar refractivity (Wildman–Crippen MR) is 90.9 cm³/mol. The van der Waals surface area contributed by atoms with Crippen LogP contribution in [0.4, 0.5) is 0 Å². The number of rotatable bonds is 6. The minimum Gasteiger partial charge on any atom is -0.466 e. The lowest BCUT2D eigenvalue weighted by Crippen LogP contribution is -2.58. The van der Waals surface area contributed by atoms with E-state index in [4.69, 9.17) is 9.47 Å². The summed E-state index contributed by atoms with van der Waals surface area (Å²) in [6.45, 7) is 7.06. The number of nitrogens with one attached hydrogen (secondary N) is 1. The van der Waals surface area contributed by atoms with Gasteiger partial charge in [0.05, 0.1) is 37.2 Å². The van der Waals surface area contributed by atoms with Crippen molar-refractivity contribution in [2.75, 3.05) is 13.2 Å². The molecule has 0 aromatic rings. The Bertz CT molecular complexity index is 608. The highest BCUT2D eigenvalue weighted by Gasteiger charge is 2.75. The Hall–Kier alpha value is -1.67. The molecule has 146 valence electrons. The molecule has 3 aliphatic heterocycles. The van der Waals surface area contributed by atoms with Gasteiger partial charge in [0.1, 0.15) is 11.6 Å². The van der Waals surface area contributed by atoms with E-state index in [1.165, 1.54) is 4.90 Å². The van der Waals surface area contributed by atoms with Gasteiger partial charge in [0.25, 0.3) is 0 Å². The highest BCUT2D eigenvalue weighted by Crippen LogP contribution is 2.58. The molecule has 3 heterocycles. The van der Waals surface area contributed by atoms with Crippen molar-refractivity contribution in [3.05, 3.63) is 0 Å². The van der Waals surface area contributed by atoms with Gasteiger partial charge in [-0.25, -0.2) is 0 Å². The highest BCUT2D eigenvalue weighted by molar-refractivity contribution is 5.98. The molecule has 2 bridgehead atoms. The van der Waals surface area contributed by atoms with Gasteiger partial charge in [-0.15, -0.1) is 0 Å². The number of aliphatic hydroxyl groups excluding tert-OH is 1. The summed E-state index contributed by atoms with van der Waals surface area (Å²) in [6, 6.07) is -1.50. The maximum atomic E-state index is 13.2. The number of nitrogens with zero attached hydrogens (tertiary/aromatic N) is 1. The van der Waals surface area contributed by atoms with Crippen LogP contribution in [-0.4, -0.2) is 70.8 Å². The Kier molecular flexibility index (Phi) is 5.00. The van der Waals surface area contributed by atoms with Gasteiger partial charge in [-0.05, 0) is 40.5 Å². The average Bonchev–Trinajstić information content (AvgIpc) is 3.21. The van der Waals surface area contributed by atoms with E-state index in [-0.39, 0.29) is 31.1 Å². The normalized spacial score (nSPS) is 36.4. The summed E-state index contributed by atoms with van der Waals surface area (Å²) in [5.74, 6) is -2.49. The Balaban J connectivity index is 2.02. The minimum atomic E-state index is -1.03. The van der Waals surface area contributed by atoms with Crippen molar-refractivity contribution in [2.24, 2.45) is 11.8 Å². The van der Waals surface area contributed by atoms with E-state index in [9.17, 15) is 19.5 Å². The molecule has 3 saturated heterocycles. The second-order valence-electron chi connectivity index (χ2n) is 7.75. The van der Waals surface area contributed by atoms with Crippen molar-refractivity contribution < 1.29 is 29.0 Å². The number of carbonyl (C=O) groups excluding carboxylic acids is 3. The third-order valence-electron chi connectivity index (χ3n) is 5.72. The molecule has 6 atom stereocenters. The van der Waals surface area contributed by atoms with Crippen LogP contribution in [0.1, 0.15) is 40.5 Å². The summed E-state index contributed by atoms with van der Waals surface area (Å²) in [5, 5.41) is 12.5. The number of aliphatic hydroxyl groups is 1. The zero-order valence-electron chi connectivity index (χ0n) is 15.7. The first kappa shape index (κ1) is 19.1. The number of amides is 2. The van der Waals surface area contributed by atoms with E-state index >= 15 is 0 Å². The summed E-state index contributed by atoms with van der Waals surface area (Å²) in [6.07, 6.45) is 0.749. The van der Waals surface area contributed by atoms with Crippen molar-refractivity contribution in [2.45, 2.75) is 70.4 Å². The smallest absolute Gasteiger partial charge is 0.312 e. The summed E-state index contributed by atoms with van der Waals surface area (Å²) in [4.78, 5) is 40.1. The van der Waals surface area contributed by atoms with Crippen LogP contribution in [0.2, 0.25) is 0 Å². The zero-order chi connectivity index (χ0) is 19.2. The summed E-state index contributed by atoms with van der Waals surface area (Å²) in [7, 11) is 0. The highest BCUT2D eigenvalue weighted by atomic mass is 16.6. The van der Waals surface area contributed by atoms with Gasteiger partial charge in [-0.2, -0.15) is 0 Å². The molecule has 3 rings (SSSR count). The van der Waals surface area contributed by atoms with Crippen molar-refractivity contribution in [3.8, 4) is 0 Å². The monoisotopic (exact) mass is 368 g/mol. The van der Waals surface area contributed by atoms with Gasteiger partial charge in [0.2, 0.25) is 11.8 Å². The number of ether oxygens (including phenoxy) is 2. The fourth-order valence-electron chi connectivity index (χ4n) is 4.82. The van der Waals surface area contributed by atoms with Gasteiger partial charge in [-0.3, -0.25) is 14.4 Å². The molecule has 0 aromatic heterocycles. The van der Waals surface area contributed by atoms with E-state index in [2.05, 4.69) is 5.32 Å². The van der Waals surface area contributed by atoms with Crippen LogP contribution in [-0.2, 0) is 23.9 Å². The van der Waals surface area contributed by atoms with Crippen molar-refractivity contribution in [1.29, 1.82) is 0 Å². The first-order valence-corrected chi connectivity index (χ1v) is 9.36. The molecule has 0 unspecified atom stereocenters. The Morgan fingerprint density at radius 3 is 2.69 bits per heavy atom. The minimum absolute atomic E-state index is 0.0983. The Labute approximate surface area is 153 Å². The first-order chi connectivity index (χ1) is 12.3. The molecule has 3 fully saturated rings. The fraction of sp³-hybridized carbons (Fsp3) is 0.833. The van der Waals surface area contributed by atoms with Crippen LogP contribution in [0.25, 0.3) is 0 Å². The Morgan fingerprint density at radius 1 is 1.42 bits per heavy atom. The SMILES string of the molecule is CCOC(=O)[C@@H]1[C@H]2C(=O)N([C@H](C)CO)[C@H](C(=O)NC(C)C)[C@]23CC[C@H]1O3. The van der Waals surface area contributed by atoms with Crippen molar-refractivity contribution in [3.63, 3.8) is 0 Å². The molecule has 8 heteroatoms. The largest absolute Gasteiger partial charge is 0.466 e. The van der Waals surface area contributed by atoms with Crippen molar-refractivity contribution in [1.82, 2.24) is 10.2 Å². The van der Waals surface area contributed by atoms with E-state index in [0.29, 0.717) is 12.8 Å².